The Kier molecular flexibility index (Phi) is 4.94. The van der Waals surface area contributed by atoms with Crippen LogP contribution < -0.4 is 10.0 Å². The predicted octanol–water partition coefficient (Wildman–Crippen LogP) is 3.29. The van der Waals surface area contributed by atoms with Crippen LogP contribution in [0.15, 0.2) is 23.1 Å². The van der Waals surface area contributed by atoms with Gasteiger partial charge in [0.25, 0.3) is 0 Å². The van der Waals surface area contributed by atoms with Gasteiger partial charge in [-0.3, -0.25) is 0 Å². The van der Waals surface area contributed by atoms with E-state index in [2.05, 4.69) is 10.0 Å². The molecule has 0 bridgehead atoms. The highest BCUT2D eigenvalue weighted by atomic mass is 32.2. The van der Waals surface area contributed by atoms with E-state index >= 15 is 0 Å². The molecule has 0 atom stereocenters. The summed E-state index contributed by atoms with van der Waals surface area (Å²) in [4.78, 5) is 0.357. The SMILES string of the molecule is CCC(CC)(CC)NS(=O)(=O)c1ccc2c(c1)NCCC2. The predicted molar refractivity (Wildman–Crippen MR) is 87.2 cm³/mol. The van der Waals surface area contributed by atoms with Crippen LogP contribution in [0.4, 0.5) is 5.69 Å². The minimum atomic E-state index is -3.48. The molecule has 4 nitrogen and oxygen atoms in total. The summed E-state index contributed by atoms with van der Waals surface area (Å²) in [5.41, 5.74) is 1.81. The topological polar surface area (TPSA) is 58.2 Å². The Morgan fingerprint density at radius 3 is 2.48 bits per heavy atom. The van der Waals surface area contributed by atoms with Crippen molar-refractivity contribution in [2.45, 2.75) is 63.3 Å². The van der Waals surface area contributed by atoms with Crippen molar-refractivity contribution in [3.8, 4) is 0 Å². The molecule has 1 aliphatic heterocycles. The lowest BCUT2D eigenvalue weighted by atomic mass is 9.91. The fourth-order valence-electron chi connectivity index (χ4n) is 2.92. The van der Waals surface area contributed by atoms with Gasteiger partial charge in [0.1, 0.15) is 0 Å². The van der Waals surface area contributed by atoms with Gasteiger partial charge < -0.3 is 5.32 Å². The highest BCUT2D eigenvalue weighted by Crippen LogP contribution is 2.27. The van der Waals surface area contributed by atoms with Gasteiger partial charge in [0.05, 0.1) is 4.90 Å². The smallest absolute Gasteiger partial charge is 0.241 e. The fraction of sp³-hybridized carbons (Fsp3) is 0.625. The molecule has 1 heterocycles. The molecule has 0 unspecified atom stereocenters. The molecule has 1 aliphatic rings. The first-order chi connectivity index (χ1) is 9.96. The normalized spacial score (nSPS) is 15.4. The zero-order valence-corrected chi connectivity index (χ0v) is 14.0. The van der Waals surface area contributed by atoms with E-state index in [1.165, 1.54) is 5.56 Å². The van der Waals surface area contributed by atoms with E-state index in [1.54, 1.807) is 12.1 Å². The number of anilines is 1. The molecule has 2 rings (SSSR count). The maximum absolute atomic E-state index is 12.7. The molecule has 21 heavy (non-hydrogen) atoms. The van der Waals surface area contributed by atoms with Crippen molar-refractivity contribution in [2.75, 3.05) is 11.9 Å². The molecule has 2 N–H and O–H groups in total. The standard InChI is InChI=1S/C16H26N2O2S/c1-4-16(5-2,6-3)18-21(19,20)14-10-9-13-8-7-11-17-15(13)12-14/h9-10,12,17-18H,4-8,11H2,1-3H3. The average Bonchev–Trinajstić information content (AvgIpc) is 2.52. The highest BCUT2D eigenvalue weighted by Gasteiger charge is 2.30. The van der Waals surface area contributed by atoms with Crippen LogP contribution in [0.2, 0.25) is 0 Å². The molecule has 1 aromatic carbocycles. The Bertz CT molecular complexity index is 584. The minimum Gasteiger partial charge on any atom is -0.385 e. The van der Waals surface area contributed by atoms with Crippen molar-refractivity contribution in [2.24, 2.45) is 0 Å². The van der Waals surface area contributed by atoms with Gasteiger partial charge >= 0.3 is 0 Å². The largest absolute Gasteiger partial charge is 0.385 e. The molecular weight excluding hydrogens is 284 g/mol. The molecule has 0 amide bonds. The molecule has 0 radical (unpaired) electrons. The summed E-state index contributed by atoms with van der Waals surface area (Å²) in [6.45, 7) is 7.00. The van der Waals surface area contributed by atoms with Crippen LogP contribution in [-0.4, -0.2) is 20.5 Å². The third-order valence-corrected chi connectivity index (χ3v) is 6.29. The second-order valence-electron chi connectivity index (χ2n) is 5.80. The van der Waals surface area contributed by atoms with Gasteiger partial charge in [0.2, 0.25) is 10.0 Å². The van der Waals surface area contributed by atoms with Crippen LogP contribution in [0.3, 0.4) is 0 Å². The van der Waals surface area contributed by atoms with E-state index < -0.39 is 10.0 Å². The van der Waals surface area contributed by atoms with E-state index in [4.69, 9.17) is 0 Å². The van der Waals surface area contributed by atoms with Crippen molar-refractivity contribution in [1.82, 2.24) is 4.72 Å². The van der Waals surface area contributed by atoms with Crippen LogP contribution in [0, 0.1) is 0 Å². The molecule has 0 saturated carbocycles. The minimum absolute atomic E-state index is 0.345. The van der Waals surface area contributed by atoms with Crippen molar-refractivity contribution < 1.29 is 8.42 Å². The van der Waals surface area contributed by atoms with E-state index in [9.17, 15) is 8.42 Å². The summed E-state index contributed by atoms with van der Waals surface area (Å²) in [7, 11) is -3.48. The highest BCUT2D eigenvalue weighted by molar-refractivity contribution is 7.89. The number of aryl methyl sites for hydroxylation is 1. The second kappa shape index (κ2) is 6.36. The Balaban J connectivity index is 2.31. The number of fused-ring (bicyclic) bond motifs is 1. The van der Waals surface area contributed by atoms with Crippen LogP contribution >= 0.6 is 0 Å². The summed E-state index contributed by atoms with van der Waals surface area (Å²) < 4.78 is 28.3. The average molecular weight is 310 g/mol. The quantitative estimate of drug-likeness (QED) is 0.847. The second-order valence-corrected chi connectivity index (χ2v) is 7.48. The fourth-order valence-corrected chi connectivity index (χ4v) is 4.56. The molecule has 5 heteroatoms. The van der Waals surface area contributed by atoms with Gasteiger partial charge in [0.15, 0.2) is 0 Å². The summed E-state index contributed by atoms with van der Waals surface area (Å²) in [6.07, 6.45) is 4.49. The lowest BCUT2D eigenvalue weighted by molar-refractivity contribution is 0.341. The number of sulfonamides is 1. The number of nitrogens with one attached hydrogen (secondary N) is 2. The molecule has 0 spiro atoms. The first-order valence-electron chi connectivity index (χ1n) is 7.87. The Hall–Kier alpha value is -1.07. The lowest BCUT2D eigenvalue weighted by Crippen LogP contribution is -2.46. The zero-order valence-electron chi connectivity index (χ0n) is 13.2. The van der Waals surface area contributed by atoms with Gasteiger partial charge in [-0.25, -0.2) is 13.1 Å². The number of benzene rings is 1. The first kappa shape index (κ1) is 16.3. The van der Waals surface area contributed by atoms with Gasteiger partial charge in [0, 0.05) is 17.8 Å². The molecule has 0 aliphatic carbocycles. The van der Waals surface area contributed by atoms with Crippen LogP contribution in [0.5, 0.6) is 0 Å². The van der Waals surface area contributed by atoms with Gasteiger partial charge in [-0.1, -0.05) is 26.8 Å². The third-order valence-electron chi connectivity index (χ3n) is 4.71. The van der Waals surface area contributed by atoms with Gasteiger partial charge in [-0.15, -0.1) is 0 Å². The lowest BCUT2D eigenvalue weighted by Gasteiger charge is -2.31. The van der Waals surface area contributed by atoms with Crippen molar-refractivity contribution >= 4 is 15.7 Å². The Labute approximate surface area is 128 Å². The zero-order chi connectivity index (χ0) is 15.5. The van der Waals surface area contributed by atoms with E-state index in [1.807, 2.05) is 26.8 Å². The van der Waals surface area contributed by atoms with E-state index in [-0.39, 0.29) is 5.54 Å². The maximum Gasteiger partial charge on any atom is 0.241 e. The Morgan fingerprint density at radius 1 is 1.19 bits per heavy atom. The molecular formula is C16H26N2O2S. The number of rotatable bonds is 6. The number of hydrogen-bond donors (Lipinski definition) is 2. The van der Waals surface area contributed by atoms with Crippen molar-refractivity contribution in [3.05, 3.63) is 23.8 Å². The van der Waals surface area contributed by atoms with Crippen molar-refractivity contribution in [1.29, 1.82) is 0 Å². The van der Waals surface area contributed by atoms with Crippen LogP contribution in [-0.2, 0) is 16.4 Å². The summed E-state index contributed by atoms with van der Waals surface area (Å²) in [5, 5.41) is 3.29. The molecule has 0 aromatic heterocycles. The molecule has 0 fully saturated rings. The monoisotopic (exact) mass is 310 g/mol. The Morgan fingerprint density at radius 2 is 1.86 bits per heavy atom. The molecule has 118 valence electrons. The first-order valence-corrected chi connectivity index (χ1v) is 9.35. The van der Waals surface area contributed by atoms with Crippen molar-refractivity contribution in [3.63, 3.8) is 0 Å². The number of hydrogen-bond acceptors (Lipinski definition) is 3. The summed E-state index contributed by atoms with van der Waals surface area (Å²) in [5.74, 6) is 0. The molecule has 0 saturated heterocycles. The summed E-state index contributed by atoms with van der Waals surface area (Å²) >= 11 is 0. The van der Waals surface area contributed by atoms with Gasteiger partial charge in [-0.05, 0) is 49.8 Å². The van der Waals surface area contributed by atoms with E-state index in [0.717, 1.165) is 44.3 Å². The molecule has 1 aromatic rings. The van der Waals surface area contributed by atoms with Crippen LogP contribution in [0.25, 0.3) is 0 Å². The van der Waals surface area contributed by atoms with Gasteiger partial charge in [-0.2, -0.15) is 0 Å². The maximum atomic E-state index is 12.7. The van der Waals surface area contributed by atoms with E-state index in [0.29, 0.717) is 4.90 Å². The van der Waals surface area contributed by atoms with Crippen LogP contribution in [0.1, 0.15) is 52.0 Å². The third kappa shape index (κ3) is 3.40. The summed E-state index contributed by atoms with van der Waals surface area (Å²) in [6, 6.07) is 5.42.